The number of halogens is 1. The molecule has 0 atom stereocenters. The van der Waals surface area contributed by atoms with Crippen LogP contribution in [0.1, 0.15) is 5.82 Å². The van der Waals surface area contributed by atoms with Gasteiger partial charge in [0.25, 0.3) is 0 Å². The van der Waals surface area contributed by atoms with Gasteiger partial charge in [-0.05, 0) is 38.2 Å². The average Bonchev–Trinajstić information content (AvgIpc) is 2.82. The maximum atomic E-state index is 12.6. The fraction of sp³-hybridized carbons (Fsp3) is 0.500. The Bertz CT molecular complexity index is 713. The Kier molecular flexibility index (Phi) is 4.84. The summed E-state index contributed by atoms with van der Waals surface area (Å²) >= 11 is 5.90. The van der Waals surface area contributed by atoms with Crippen LogP contribution >= 0.6 is 11.6 Å². The lowest BCUT2D eigenvalue weighted by Gasteiger charge is -2.32. The normalized spacial score (nSPS) is 16.8. The van der Waals surface area contributed by atoms with Crippen molar-refractivity contribution in [2.24, 2.45) is 0 Å². The van der Waals surface area contributed by atoms with Gasteiger partial charge in [0.1, 0.15) is 5.82 Å². The molecule has 0 saturated carbocycles. The Morgan fingerprint density at radius 1 is 1.09 bits per heavy atom. The van der Waals surface area contributed by atoms with Gasteiger partial charge < -0.3 is 4.90 Å². The third-order valence-corrected chi connectivity index (χ3v) is 4.61. The summed E-state index contributed by atoms with van der Waals surface area (Å²) in [5, 5.41) is 5.03. The fourth-order valence-corrected chi connectivity index (χ4v) is 2.94. The number of hydrogen-bond donors (Lipinski definition) is 0. The summed E-state index contributed by atoms with van der Waals surface area (Å²) in [4.78, 5) is 17.3. The molecule has 0 bridgehead atoms. The number of aryl methyl sites for hydroxylation is 1. The maximum Gasteiger partial charge on any atom is 0.350 e. The van der Waals surface area contributed by atoms with Crippen LogP contribution in [0.25, 0.3) is 5.69 Å². The van der Waals surface area contributed by atoms with Crippen molar-refractivity contribution in [3.05, 3.63) is 45.6 Å². The van der Waals surface area contributed by atoms with Crippen LogP contribution < -0.4 is 5.69 Å². The number of rotatable bonds is 4. The molecule has 2 aromatic rings. The lowest BCUT2D eigenvalue weighted by atomic mass is 10.3. The second-order valence-electron chi connectivity index (χ2n) is 6.01. The van der Waals surface area contributed by atoms with Crippen LogP contribution in [0.2, 0.25) is 5.02 Å². The number of aromatic nitrogens is 3. The van der Waals surface area contributed by atoms with E-state index in [-0.39, 0.29) is 5.69 Å². The van der Waals surface area contributed by atoms with E-state index in [4.69, 9.17) is 11.6 Å². The first-order valence-electron chi connectivity index (χ1n) is 7.88. The van der Waals surface area contributed by atoms with Crippen molar-refractivity contribution in [3.8, 4) is 5.69 Å². The Hall–Kier alpha value is -1.63. The van der Waals surface area contributed by atoms with E-state index in [9.17, 15) is 4.79 Å². The SMILES string of the molecule is Cc1nn(-c2ccc(Cl)cc2)c(=O)n1CCN1CCN(C)CC1. The predicted molar refractivity (Wildman–Crippen MR) is 91.5 cm³/mol. The summed E-state index contributed by atoms with van der Waals surface area (Å²) in [7, 11) is 2.14. The molecule has 1 aromatic heterocycles. The van der Waals surface area contributed by atoms with Gasteiger partial charge in [0.15, 0.2) is 0 Å². The molecule has 7 heteroatoms. The highest BCUT2D eigenvalue weighted by molar-refractivity contribution is 6.30. The molecule has 1 fully saturated rings. The van der Waals surface area contributed by atoms with Gasteiger partial charge in [0, 0.05) is 44.3 Å². The molecule has 2 heterocycles. The molecule has 124 valence electrons. The Morgan fingerprint density at radius 2 is 1.74 bits per heavy atom. The number of likely N-dealkylation sites (N-methyl/N-ethyl adjacent to an activating group) is 1. The van der Waals surface area contributed by atoms with Crippen LogP contribution in [0.15, 0.2) is 29.1 Å². The first-order valence-corrected chi connectivity index (χ1v) is 8.26. The Morgan fingerprint density at radius 3 is 2.39 bits per heavy atom. The molecule has 0 radical (unpaired) electrons. The minimum absolute atomic E-state index is 0.0982. The summed E-state index contributed by atoms with van der Waals surface area (Å²) in [5.41, 5.74) is 0.639. The molecule has 6 nitrogen and oxygen atoms in total. The molecule has 23 heavy (non-hydrogen) atoms. The van der Waals surface area contributed by atoms with Gasteiger partial charge in [-0.3, -0.25) is 9.47 Å². The molecule has 0 spiro atoms. The smallest absolute Gasteiger partial charge is 0.304 e. The van der Waals surface area contributed by atoms with Crippen LogP contribution in [0, 0.1) is 6.92 Å². The van der Waals surface area contributed by atoms with E-state index in [1.54, 1.807) is 28.8 Å². The second kappa shape index (κ2) is 6.86. The highest BCUT2D eigenvalue weighted by Crippen LogP contribution is 2.11. The number of hydrogen-bond acceptors (Lipinski definition) is 4. The third kappa shape index (κ3) is 3.65. The minimum Gasteiger partial charge on any atom is -0.304 e. The molecule has 1 aromatic carbocycles. The molecule has 1 aliphatic heterocycles. The molecule has 3 rings (SSSR count). The summed E-state index contributed by atoms with van der Waals surface area (Å²) in [6, 6.07) is 7.14. The van der Waals surface area contributed by atoms with Crippen molar-refractivity contribution in [2.75, 3.05) is 39.8 Å². The second-order valence-corrected chi connectivity index (χ2v) is 6.45. The van der Waals surface area contributed by atoms with Gasteiger partial charge in [-0.2, -0.15) is 9.78 Å². The molecule has 0 unspecified atom stereocenters. The van der Waals surface area contributed by atoms with E-state index >= 15 is 0 Å². The number of piperazine rings is 1. The molecule has 1 aliphatic rings. The summed E-state index contributed by atoms with van der Waals surface area (Å²) in [5.74, 6) is 0.735. The van der Waals surface area contributed by atoms with E-state index < -0.39 is 0 Å². The van der Waals surface area contributed by atoms with E-state index in [2.05, 4.69) is 21.9 Å². The van der Waals surface area contributed by atoms with E-state index in [1.807, 2.05) is 6.92 Å². The van der Waals surface area contributed by atoms with Gasteiger partial charge in [-0.15, -0.1) is 0 Å². The van der Waals surface area contributed by atoms with Crippen molar-refractivity contribution >= 4 is 11.6 Å². The zero-order chi connectivity index (χ0) is 16.4. The zero-order valence-electron chi connectivity index (χ0n) is 13.6. The number of benzene rings is 1. The third-order valence-electron chi connectivity index (χ3n) is 4.35. The first kappa shape index (κ1) is 16.2. The largest absolute Gasteiger partial charge is 0.350 e. The molecular weight excluding hydrogens is 314 g/mol. The molecule has 1 saturated heterocycles. The van der Waals surface area contributed by atoms with Crippen molar-refractivity contribution < 1.29 is 0 Å². The molecule has 0 amide bonds. The Labute approximate surface area is 140 Å². The van der Waals surface area contributed by atoms with Gasteiger partial charge >= 0.3 is 5.69 Å². The van der Waals surface area contributed by atoms with Crippen LogP contribution in [0.5, 0.6) is 0 Å². The topological polar surface area (TPSA) is 46.3 Å². The zero-order valence-corrected chi connectivity index (χ0v) is 14.3. The van der Waals surface area contributed by atoms with Crippen LogP contribution in [0.3, 0.4) is 0 Å². The van der Waals surface area contributed by atoms with Crippen LogP contribution in [-0.2, 0) is 6.54 Å². The van der Waals surface area contributed by atoms with E-state index in [1.165, 1.54) is 4.68 Å². The lowest BCUT2D eigenvalue weighted by molar-refractivity contribution is 0.149. The number of nitrogens with zero attached hydrogens (tertiary/aromatic N) is 5. The van der Waals surface area contributed by atoms with Crippen molar-refractivity contribution in [3.63, 3.8) is 0 Å². The summed E-state index contributed by atoms with van der Waals surface area (Å²) in [6.07, 6.45) is 0. The van der Waals surface area contributed by atoms with Crippen molar-refractivity contribution in [2.45, 2.75) is 13.5 Å². The summed E-state index contributed by atoms with van der Waals surface area (Å²) in [6.45, 7) is 7.68. The Balaban J connectivity index is 1.73. The monoisotopic (exact) mass is 335 g/mol. The van der Waals surface area contributed by atoms with E-state index in [0.717, 1.165) is 44.2 Å². The van der Waals surface area contributed by atoms with Gasteiger partial charge in [-0.25, -0.2) is 4.79 Å². The highest BCUT2D eigenvalue weighted by Gasteiger charge is 2.16. The minimum atomic E-state index is -0.0982. The summed E-state index contributed by atoms with van der Waals surface area (Å²) < 4.78 is 3.18. The van der Waals surface area contributed by atoms with Crippen LogP contribution in [0.4, 0.5) is 0 Å². The predicted octanol–water partition coefficient (Wildman–Crippen LogP) is 1.24. The van der Waals surface area contributed by atoms with E-state index in [0.29, 0.717) is 11.6 Å². The first-order chi connectivity index (χ1) is 11.0. The van der Waals surface area contributed by atoms with Gasteiger partial charge in [0.2, 0.25) is 0 Å². The quantitative estimate of drug-likeness (QED) is 0.843. The van der Waals surface area contributed by atoms with Gasteiger partial charge in [0.05, 0.1) is 5.69 Å². The van der Waals surface area contributed by atoms with Crippen LogP contribution in [-0.4, -0.2) is 63.9 Å². The molecular formula is C16H22ClN5O. The maximum absolute atomic E-state index is 12.6. The fourth-order valence-electron chi connectivity index (χ4n) is 2.82. The van der Waals surface area contributed by atoms with Gasteiger partial charge in [-0.1, -0.05) is 11.6 Å². The highest BCUT2D eigenvalue weighted by atomic mass is 35.5. The lowest BCUT2D eigenvalue weighted by Crippen LogP contribution is -2.45. The molecule has 0 aliphatic carbocycles. The molecule has 0 N–H and O–H groups in total. The standard InChI is InChI=1S/C16H22ClN5O/c1-13-18-22(15-5-3-14(17)4-6-15)16(23)21(13)12-11-20-9-7-19(2)8-10-20/h3-6H,7-12H2,1-2H3. The average molecular weight is 336 g/mol. The van der Waals surface area contributed by atoms with Crippen molar-refractivity contribution in [1.82, 2.24) is 24.1 Å². The van der Waals surface area contributed by atoms with Crippen molar-refractivity contribution in [1.29, 1.82) is 0 Å².